The van der Waals surface area contributed by atoms with E-state index in [2.05, 4.69) is 137 Å². The van der Waals surface area contributed by atoms with Gasteiger partial charge in [0, 0.05) is 33.3 Å². The third kappa shape index (κ3) is 4.50. The fourth-order valence-electron chi connectivity index (χ4n) is 8.02. The molecule has 232 valence electrons. The minimum absolute atomic E-state index is 0.403. The standard InChI is InChI=1S/C45H32N4/c1-29-21-22-38-37-16-5-9-20-43(37)49(45(38)23-29)44-26-32(27-46)39(25-33(44)28-47)31-12-10-11-30(24-31)34-13-2-6-17-40(34)48-41-18-7-3-14-35(41)36-15-4-8-19-42(36)48/h2-4,6-15,17-22,24-26,29H,5,16,23H2,1H3. The molecule has 2 heterocycles. The minimum atomic E-state index is 0.403. The van der Waals surface area contributed by atoms with Crippen LogP contribution >= 0.6 is 0 Å². The van der Waals surface area contributed by atoms with Gasteiger partial charge in [0.25, 0.3) is 0 Å². The lowest BCUT2D eigenvalue weighted by atomic mass is 9.91. The lowest BCUT2D eigenvalue weighted by Crippen LogP contribution is -2.11. The third-order valence-corrected chi connectivity index (χ3v) is 10.2. The first-order chi connectivity index (χ1) is 24.1. The number of rotatable bonds is 4. The number of aromatic nitrogens is 2. The Morgan fingerprint density at radius 1 is 0.653 bits per heavy atom. The van der Waals surface area contributed by atoms with Gasteiger partial charge in [-0.15, -0.1) is 0 Å². The lowest BCUT2D eigenvalue weighted by Gasteiger charge is -2.20. The summed E-state index contributed by atoms with van der Waals surface area (Å²) in [5.41, 5.74) is 14.1. The van der Waals surface area contributed by atoms with Crippen LogP contribution in [0.2, 0.25) is 0 Å². The second-order valence-electron chi connectivity index (χ2n) is 13.1. The summed E-state index contributed by atoms with van der Waals surface area (Å²) < 4.78 is 4.60. The minimum Gasteiger partial charge on any atom is -0.312 e. The van der Waals surface area contributed by atoms with Crippen LogP contribution in [0.4, 0.5) is 0 Å². The van der Waals surface area contributed by atoms with Gasteiger partial charge in [-0.3, -0.25) is 0 Å². The largest absolute Gasteiger partial charge is 0.312 e. The molecule has 1 unspecified atom stereocenters. The molecular weight excluding hydrogens is 597 g/mol. The number of benzene rings is 5. The molecule has 5 aromatic carbocycles. The summed E-state index contributed by atoms with van der Waals surface area (Å²) in [5, 5.41) is 23.6. The predicted octanol–water partition coefficient (Wildman–Crippen LogP) is 10.8. The van der Waals surface area contributed by atoms with E-state index in [1.165, 1.54) is 27.6 Å². The smallest absolute Gasteiger partial charge is 0.101 e. The number of fused-ring (bicyclic) bond motifs is 6. The highest BCUT2D eigenvalue weighted by Crippen LogP contribution is 2.41. The molecule has 0 amide bonds. The zero-order valence-electron chi connectivity index (χ0n) is 27.2. The molecule has 1 atom stereocenters. The van der Waals surface area contributed by atoms with E-state index >= 15 is 0 Å². The molecule has 9 rings (SSSR count). The van der Waals surface area contributed by atoms with Crippen LogP contribution in [0.1, 0.15) is 47.0 Å². The van der Waals surface area contributed by atoms with Crippen LogP contribution in [0.5, 0.6) is 0 Å². The Balaban J connectivity index is 1.21. The predicted molar refractivity (Wildman–Crippen MR) is 200 cm³/mol. The molecule has 0 fully saturated rings. The van der Waals surface area contributed by atoms with Gasteiger partial charge in [0.1, 0.15) is 6.07 Å². The zero-order chi connectivity index (χ0) is 33.1. The summed E-state index contributed by atoms with van der Waals surface area (Å²) >= 11 is 0. The van der Waals surface area contributed by atoms with Gasteiger partial charge in [-0.1, -0.05) is 97.9 Å². The summed E-state index contributed by atoms with van der Waals surface area (Å²) in [7, 11) is 0. The van der Waals surface area contributed by atoms with Gasteiger partial charge in [-0.05, 0) is 89.9 Å². The Bertz CT molecular complexity index is 2570. The van der Waals surface area contributed by atoms with Gasteiger partial charge < -0.3 is 9.13 Å². The molecule has 0 spiro atoms. The molecule has 0 radical (unpaired) electrons. The molecule has 49 heavy (non-hydrogen) atoms. The van der Waals surface area contributed by atoms with E-state index in [1.54, 1.807) is 0 Å². The van der Waals surface area contributed by atoms with Crippen LogP contribution in [-0.4, -0.2) is 9.13 Å². The Morgan fingerprint density at radius 3 is 2.10 bits per heavy atom. The normalized spacial score (nSPS) is 14.8. The van der Waals surface area contributed by atoms with Crippen molar-refractivity contribution in [3.63, 3.8) is 0 Å². The average molecular weight is 629 g/mol. The first-order valence-corrected chi connectivity index (χ1v) is 16.9. The highest BCUT2D eigenvalue weighted by molar-refractivity contribution is 6.09. The van der Waals surface area contributed by atoms with Gasteiger partial charge in [-0.25, -0.2) is 0 Å². The molecule has 0 N–H and O–H groups in total. The van der Waals surface area contributed by atoms with Crippen LogP contribution in [0.25, 0.3) is 67.6 Å². The van der Waals surface area contributed by atoms with Crippen molar-refractivity contribution in [2.75, 3.05) is 0 Å². The number of hydrogen-bond acceptors (Lipinski definition) is 2. The highest BCUT2D eigenvalue weighted by atomic mass is 15.0. The summed E-state index contributed by atoms with van der Waals surface area (Å²) in [4.78, 5) is 0. The molecular formula is C45H32N4. The quantitative estimate of drug-likeness (QED) is 0.195. The van der Waals surface area contributed by atoms with Crippen LogP contribution in [0.15, 0.2) is 121 Å². The average Bonchev–Trinajstić information content (AvgIpc) is 3.66. The zero-order valence-corrected chi connectivity index (χ0v) is 27.2. The molecule has 0 saturated carbocycles. The first-order valence-electron chi connectivity index (χ1n) is 16.9. The van der Waals surface area contributed by atoms with Gasteiger partial charge in [-0.2, -0.15) is 10.5 Å². The molecule has 0 saturated heterocycles. The van der Waals surface area contributed by atoms with Gasteiger partial charge in [0.2, 0.25) is 0 Å². The molecule has 2 aliphatic rings. The number of para-hydroxylation sites is 3. The van der Waals surface area contributed by atoms with Gasteiger partial charge in [0.15, 0.2) is 0 Å². The number of allylic oxidation sites excluding steroid dienone is 2. The van der Waals surface area contributed by atoms with Crippen molar-refractivity contribution >= 4 is 34.0 Å². The van der Waals surface area contributed by atoms with Crippen LogP contribution in [0, 0.1) is 28.6 Å². The van der Waals surface area contributed by atoms with E-state index in [9.17, 15) is 10.5 Å². The van der Waals surface area contributed by atoms with Gasteiger partial charge in [0.05, 0.1) is 39.6 Å². The molecule has 7 aromatic rings. The van der Waals surface area contributed by atoms with E-state index in [0.29, 0.717) is 17.0 Å². The van der Waals surface area contributed by atoms with E-state index in [0.717, 1.165) is 69.6 Å². The van der Waals surface area contributed by atoms with Crippen molar-refractivity contribution in [3.8, 4) is 45.8 Å². The molecule has 4 heteroatoms. The van der Waals surface area contributed by atoms with E-state index in [4.69, 9.17) is 0 Å². The van der Waals surface area contributed by atoms with Gasteiger partial charge >= 0.3 is 0 Å². The number of hydrogen-bond donors (Lipinski definition) is 0. The lowest BCUT2D eigenvalue weighted by molar-refractivity contribution is 0.686. The summed E-state index contributed by atoms with van der Waals surface area (Å²) in [6.07, 6.45) is 11.8. The van der Waals surface area contributed by atoms with E-state index in [1.807, 2.05) is 24.3 Å². The highest BCUT2D eigenvalue weighted by Gasteiger charge is 2.27. The summed E-state index contributed by atoms with van der Waals surface area (Å²) in [5.74, 6) is 0.403. The SMILES string of the molecule is CC1C=Cc2c3c(n(-c4cc(C#N)c(-c5cccc(-c6ccccc6-n6c7ccccc7c7ccccc76)c5)cc4C#N)c2C1)C=CCC3. The maximum Gasteiger partial charge on any atom is 0.101 e. The molecule has 0 bridgehead atoms. The second-order valence-corrected chi connectivity index (χ2v) is 13.1. The van der Waals surface area contributed by atoms with Crippen molar-refractivity contribution in [1.29, 1.82) is 10.5 Å². The van der Waals surface area contributed by atoms with Crippen LogP contribution in [0.3, 0.4) is 0 Å². The topological polar surface area (TPSA) is 57.4 Å². The summed E-state index contributed by atoms with van der Waals surface area (Å²) in [6.45, 7) is 2.23. The van der Waals surface area contributed by atoms with Crippen LogP contribution in [-0.2, 0) is 12.8 Å². The molecule has 0 aliphatic heterocycles. The van der Waals surface area contributed by atoms with Crippen molar-refractivity contribution < 1.29 is 0 Å². The third-order valence-electron chi connectivity index (χ3n) is 10.2. The van der Waals surface area contributed by atoms with Crippen molar-refractivity contribution in [3.05, 3.63) is 155 Å². The fourth-order valence-corrected chi connectivity index (χ4v) is 8.02. The first kappa shape index (κ1) is 28.8. The molecule has 2 aromatic heterocycles. The fraction of sp³-hybridized carbons (Fsp3) is 0.111. The van der Waals surface area contributed by atoms with E-state index in [-0.39, 0.29) is 0 Å². The van der Waals surface area contributed by atoms with Crippen molar-refractivity contribution in [2.45, 2.75) is 26.2 Å². The maximum atomic E-state index is 10.6. The second kappa shape index (κ2) is 11.4. The van der Waals surface area contributed by atoms with Crippen molar-refractivity contribution in [1.82, 2.24) is 9.13 Å². The number of nitrogens with zero attached hydrogens (tertiary/aromatic N) is 4. The summed E-state index contributed by atoms with van der Waals surface area (Å²) in [6, 6.07) is 42.8. The number of nitriles is 2. The molecule has 2 aliphatic carbocycles. The maximum absolute atomic E-state index is 10.6. The Labute approximate surface area is 285 Å². The van der Waals surface area contributed by atoms with Crippen molar-refractivity contribution in [2.24, 2.45) is 5.92 Å². The Morgan fingerprint density at radius 2 is 1.35 bits per heavy atom. The van der Waals surface area contributed by atoms with E-state index < -0.39 is 0 Å². The van der Waals surface area contributed by atoms with Crippen LogP contribution < -0.4 is 0 Å². The molecule has 4 nitrogen and oxygen atoms in total. The monoisotopic (exact) mass is 628 g/mol. The Kier molecular flexibility index (Phi) is 6.71. The Hall–Kier alpha value is -6.36.